The highest BCUT2D eigenvalue weighted by molar-refractivity contribution is 6.74. The van der Waals surface area contributed by atoms with E-state index >= 15 is 0 Å². The van der Waals surface area contributed by atoms with Crippen LogP contribution in [0.5, 0.6) is 0 Å². The summed E-state index contributed by atoms with van der Waals surface area (Å²) in [6.45, 7) is 15.0. The number of aliphatic hydroxyl groups is 3. The van der Waals surface area contributed by atoms with Crippen molar-refractivity contribution in [2.75, 3.05) is 6.61 Å². The van der Waals surface area contributed by atoms with Crippen LogP contribution in [0.25, 0.3) is 0 Å². The Morgan fingerprint density at radius 1 is 1.10 bits per heavy atom. The number of amides is 2. The molecule has 2 aliphatic heterocycles. The molecule has 0 saturated carbocycles. The predicted octanol–water partition coefficient (Wildman–Crippen LogP) is 1.16. The van der Waals surface area contributed by atoms with Crippen LogP contribution in [0.4, 0.5) is 0 Å². The Morgan fingerprint density at radius 2 is 1.59 bits per heavy atom. The van der Waals surface area contributed by atoms with E-state index in [2.05, 4.69) is 27.7 Å². The lowest BCUT2D eigenvalue weighted by Crippen LogP contribution is -2.67. The number of carbonyl (C=O) groups is 2. The molecule has 29 heavy (non-hydrogen) atoms. The van der Waals surface area contributed by atoms with Gasteiger partial charge in [0.2, 0.25) is 0 Å². The van der Waals surface area contributed by atoms with Crippen molar-refractivity contribution in [2.24, 2.45) is 5.92 Å². The summed E-state index contributed by atoms with van der Waals surface area (Å²) in [7, 11) is -2.51. The van der Waals surface area contributed by atoms with Crippen LogP contribution in [-0.2, 0) is 18.8 Å². The quantitative estimate of drug-likeness (QED) is 0.428. The highest BCUT2D eigenvalue weighted by Gasteiger charge is 2.55. The molecular formula is C20H35NO7Si. The second-order valence-electron chi connectivity index (χ2n) is 9.43. The minimum atomic E-state index is -2.51. The van der Waals surface area contributed by atoms with Gasteiger partial charge in [0.1, 0.15) is 24.4 Å². The van der Waals surface area contributed by atoms with Gasteiger partial charge in [-0.1, -0.05) is 27.7 Å². The summed E-state index contributed by atoms with van der Waals surface area (Å²) in [6.07, 6.45) is -5.21. The summed E-state index contributed by atoms with van der Waals surface area (Å²) < 4.78 is 12.2. The van der Waals surface area contributed by atoms with Gasteiger partial charge in [0.15, 0.2) is 14.6 Å². The molecular weight excluding hydrogens is 394 g/mol. The van der Waals surface area contributed by atoms with Crippen LogP contribution in [0, 0.1) is 5.92 Å². The molecule has 8 nitrogen and oxygen atoms in total. The lowest BCUT2D eigenvalue weighted by Gasteiger charge is -2.50. The second kappa shape index (κ2) is 8.20. The van der Waals surface area contributed by atoms with Crippen LogP contribution in [0.1, 0.15) is 41.5 Å². The maximum atomic E-state index is 12.8. The average Bonchev–Trinajstić information content (AvgIpc) is 2.81. The molecule has 1 fully saturated rings. The van der Waals surface area contributed by atoms with Crippen LogP contribution in [0.2, 0.25) is 18.1 Å². The summed E-state index contributed by atoms with van der Waals surface area (Å²) >= 11 is 0. The first-order valence-electron chi connectivity index (χ1n) is 10.0. The number of ether oxygens (including phenoxy) is 1. The zero-order valence-corrected chi connectivity index (χ0v) is 19.6. The monoisotopic (exact) mass is 429 g/mol. The van der Waals surface area contributed by atoms with E-state index in [-0.39, 0.29) is 11.0 Å². The summed E-state index contributed by atoms with van der Waals surface area (Å²) in [5, 5.41) is 30.6. The molecule has 2 aliphatic rings. The van der Waals surface area contributed by atoms with Gasteiger partial charge in [-0.05, 0) is 37.9 Å². The molecule has 2 rings (SSSR count). The molecule has 0 aliphatic carbocycles. The van der Waals surface area contributed by atoms with Gasteiger partial charge >= 0.3 is 0 Å². The lowest BCUT2D eigenvalue weighted by atomic mass is 9.95. The number of hydrogen-bond donors (Lipinski definition) is 3. The van der Waals surface area contributed by atoms with E-state index in [1.54, 1.807) is 13.8 Å². The Hall–Kier alpha value is -1.10. The SMILES string of the molecule is CC1=C(C)C(=O)N([C@H]2[C@H](O[Si](C)(C)C(C)(C)C(C)C)O[C@H](CO)[C@@H](O)[C@@H]2O)C1=O. The second-order valence-corrected chi connectivity index (χ2v) is 14.0. The van der Waals surface area contributed by atoms with Gasteiger partial charge in [0, 0.05) is 11.1 Å². The highest BCUT2D eigenvalue weighted by Crippen LogP contribution is 2.46. The van der Waals surface area contributed by atoms with Gasteiger partial charge in [-0.2, -0.15) is 0 Å². The topological polar surface area (TPSA) is 117 Å². The molecule has 2 amide bonds. The highest BCUT2D eigenvalue weighted by atomic mass is 28.4. The van der Waals surface area contributed by atoms with E-state index in [0.29, 0.717) is 11.1 Å². The fourth-order valence-corrected chi connectivity index (χ4v) is 6.09. The smallest absolute Gasteiger partial charge is 0.257 e. The first-order chi connectivity index (χ1) is 13.2. The van der Waals surface area contributed by atoms with Crippen LogP contribution in [0.15, 0.2) is 11.1 Å². The maximum Gasteiger partial charge on any atom is 0.257 e. The van der Waals surface area contributed by atoms with E-state index in [1.165, 1.54) is 0 Å². The van der Waals surface area contributed by atoms with Crippen molar-refractivity contribution >= 4 is 20.1 Å². The zero-order chi connectivity index (χ0) is 22.5. The van der Waals surface area contributed by atoms with Crippen molar-refractivity contribution in [1.29, 1.82) is 0 Å². The van der Waals surface area contributed by atoms with Crippen LogP contribution in [0.3, 0.4) is 0 Å². The first kappa shape index (κ1) is 24.2. The molecule has 0 unspecified atom stereocenters. The Balaban J connectivity index is 2.46. The molecule has 5 atom stereocenters. The van der Waals surface area contributed by atoms with Crippen LogP contribution in [-0.4, -0.2) is 77.6 Å². The minimum Gasteiger partial charge on any atom is -0.394 e. The fourth-order valence-electron chi connectivity index (χ4n) is 3.62. The van der Waals surface area contributed by atoms with Gasteiger partial charge in [-0.25, -0.2) is 0 Å². The van der Waals surface area contributed by atoms with E-state index in [0.717, 1.165) is 4.90 Å². The van der Waals surface area contributed by atoms with E-state index in [4.69, 9.17) is 9.16 Å². The van der Waals surface area contributed by atoms with Crippen molar-refractivity contribution in [3.05, 3.63) is 11.1 Å². The molecule has 0 bridgehead atoms. The average molecular weight is 430 g/mol. The number of carbonyl (C=O) groups excluding carboxylic acids is 2. The Kier molecular flexibility index (Phi) is 6.84. The van der Waals surface area contributed by atoms with Crippen molar-refractivity contribution in [3.63, 3.8) is 0 Å². The van der Waals surface area contributed by atoms with Crippen LogP contribution >= 0.6 is 0 Å². The molecule has 0 spiro atoms. The third kappa shape index (κ3) is 3.96. The van der Waals surface area contributed by atoms with Gasteiger partial charge in [0.05, 0.1) is 6.61 Å². The minimum absolute atomic E-state index is 0.195. The Bertz CT molecular complexity index is 679. The normalized spacial score (nSPS) is 32.0. The van der Waals surface area contributed by atoms with Gasteiger partial charge in [0.25, 0.3) is 11.8 Å². The van der Waals surface area contributed by atoms with E-state index in [1.807, 2.05) is 13.1 Å². The van der Waals surface area contributed by atoms with E-state index in [9.17, 15) is 24.9 Å². The number of imide groups is 1. The van der Waals surface area contributed by atoms with Crippen molar-refractivity contribution in [3.8, 4) is 0 Å². The number of hydrogen-bond acceptors (Lipinski definition) is 7. The van der Waals surface area contributed by atoms with Gasteiger partial charge in [-0.3, -0.25) is 14.5 Å². The standard InChI is InChI=1S/C20H35NO7Si/c1-10(2)20(5,6)29(7,8)28-19-14(16(24)15(23)13(9-22)27-19)21-17(25)11(3)12(4)18(21)26/h10,13-16,19,22-24H,9H2,1-8H3/t13-,14-,15-,16-,19+/m1/s1. The molecule has 2 heterocycles. The maximum absolute atomic E-state index is 12.8. The van der Waals surface area contributed by atoms with Crippen molar-refractivity contribution in [2.45, 2.75) is 90.3 Å². The van der Waals surface area contributed by atoms with Gasteiger partial charge in [-0.15, -0.1) is 0 Å². The third-order valence-electron chi connectivity index (χ3n) is 7.19. The summed E-state index contributed by atoms with van der Waals surface area (Å²) in [5.74, 6) is -0.784. The van der Waals surface area contributed by atoms with Crippen LogP contribution < -0.4 is 0 Å². The molecule has 0 aromatic heterocycles. The molecule has 9 heteroatoms. The predicted molar refractivity (Wildman–Crippen MR) is 109 cm³/mol. The molecule has 3 N–H and O–H groups in total. The zero-order valence-electron chi connectivity index (χ0n) is 18.6. The molecule has 166 valence electrons. The Labute approximate surface area is 173 Å². The third-order valence-corrected chi connectivity index (χ3v) is 11.7. The first-order valence-corrected chi connectivity index (χ1v) is 13.0. The van der Waals surface area contributed by atoms with E-state index < -0.39 is 57.4 Å². The molecule has 0 aromatic carbocycles. The summed E-state index contributed by atoms with van der Waals surface area (Å²) in [4.78, 5) is 26.4. The van der Waals surface area contributed by atoms with Crippen molar-refractivity contribution < 1.29 is 34.1 Å². The molecule has 0 aromatic rings. The molecule has 1 saturated heterocycles. The number of aliphatic hydroxyl groups excluding tert-OH is 3. The lowest BCUT2D eigenvalue weighted by molar-refractivity contribution is -0.262. The number of nitrogens with zero attached hydrogens (tertiary/aromatic N) is 1. The number of rotatable bonds is 6. The Morgan fingerprint density at radius 3 is 2.00 bits per heavy atom. The fraction of sp³-hybridized carbons (Fsp3) is 0.800. The molecule has 0 radical (unpaired) electrons. The summed E-state index contributed by atoms with van der Waals surface area (Å²) in [6, 6.07) is -1.21. The van der Waals surface area contributed by atoms with Crippen molar-refractivity contribution in [1.82, 2.24) is 4.90 Å². The summed E-state index contributed by atoms with van der Waals surface area (Å²) in [5.41, 5.74) is 0.581. The van der Waals surface area contributed by atoms with Gasteiger partial charge < -0.3 is 24.5 Å². The largest absolute Gasteiger partial charge is 0.394 e.